The van der Waals surface area contributed by atoms with Gasteiger partial charge in [-0.25, -0.2) is 4.39 Å². The highest BCUT2D eigenvalue weighted by atomic mass is 19.1. The molecule has 2 fully saturated rings. The Bertz CT molecular complexity index is 717. The van der Waals surface area contributed by atoms with E-state index in [1.165, 1.54) is 18.9 Å². The minimum Gasteiger partial charge on any atom is -0.354 e. The quantitative estimate of drug-likeness (QED) is 0.566. The van der Waals surface area contributed by atoms with Crippen LogP contribution in [0.2, 0.25) is 0 Å². The molecule has 1 aliphatic heterocycles. The van der Waals surface area contributed by atoms with Crippen molar-refractivity contribution in [2.45, 2.75) is 44.2 Å². The highest BCUT2D eigenvalue weighted by molar-refractivity contribution is 5.81. The maximum absolute atomic E-state index is 13.6. The molecule has 1 heterocycles. The Labute approximate surface area is 173 Å². The molecule has 3 rings (SSSR count). The predicted molar refractivity (Wildman–Crippen MR) is 114 cm³/mol. The van der Waals surface area contributed by atoms with Crippen LogP contribution in [0.5, 0.6) is 0 Å². The van der Waals surface area contributed by atoms with Crippen LogP contribution in [0.1, 0.15) is 43.7 Å². The van der Waals surface area contributed by atoms with Crippen molar-refractivity contribution < 1.29 is 9.18 Å². The third-order valence-electron chi connectivity index (χ3n) is 6.09. The van der Waals surface area contributed by atoms with Gasteiger partial charge in [0, 0.05) is 38.6 Å². The van der Waals surface area contributed by atoms with Gasteiger partial charge in [0.05, 0.1) is 6.04 Å². The van der Waals surface area contributed by atoms with Crippen molar-refractivity contribution in [2.24, 2.45) is 10.9 Å². The fourth-order valence-electron chi connectivity index (χ4n) is 4.40. The average molecular weight is 404 g/mol. The number of likely N-dealkylation sites (N-methyl/N-ethyl adjacent to an activating group) is 1. The van der Waals surface area contributed by atoms with Crippen LogP contribution in [-0.4, -0.2) is 68.5 Å². The lowest BCUT2D eigenvalue weighted by molar-refractivity contribution is -0.134. The van der Waals surface area contributed by atoms with Crippen molar-refractivity contribution in [2.75, 3.05) is 40.8 Å². The highest BCUT2D eigenvalue weighted by Gasteiger charge is 2.32. The Morgan fingerprint density at radius 1 is 1.31 bits per heavy atom. The van der Waals surface area contributed by atoms with Gasteiger partial charge in [-0.2, -0.15) is 0 Å². The summed E-state index contributed by atoms with van der Waals surface area (Å²) in [5.74, 6) is 1.05. The molecule has 1 aromatic carbocycles. The molecule has 1 aliphatic carbocycles. The van der Waals surface area contributed by atoms with Crippen LogP contribution in [0.15, 0.2) is 29.3 Å². The first kappa shape index (κ1) is 21.6. The monoisotopic (exact) mass is 403 g/mol. The van der Waals surface area contributed by atoms with E-state index < -0.39 is 0 Å². The molecule has 7 heteroatoms. The Hall–Kier alpha value is -2.15. The number of carbonyl (C=O) groups excluding carboxylic acids is 1. The fourth-order valence-corrected chi connectivity index (χ4v) is 4.40. The largest absolute Gasteiger partial charge is 0.354 e. The summed E-state index contributed by atoms with van der Waals surface area (Å²) < 4.78 is 13.6. The van der Waals surface area contributed by atoms with Crippen LogP contribution < -0.4 is 10.6 Å². The van der Waals surface area contributed by atoms with Crippen LogP contribution in [0.3, 0.4) is 0 Å². The van der Waals surface area contributed by atoms with Crippen molar-refractivity contribution in [1.82, 2.24) is 20.4 Å². The molecule has 0 radical (unpaired) electrons. The van der Waals surface area contributed by atoms with Crippen LogP contribution in [0.4, 0.5) is 4.39 Å². The number of hydrogen-bond acceptors (Lipinski definition) is 3. The first-order valence-electron chi connectivity index (χ1n) is 10.7. The SMILES string of the molecule is CN=C(NCC(c1cccc(F)c1)N(C)C)NC1CCN(C(=O)C2CCCC2)C1. The van der Waals surface area contributed by atoms with E-state index in [1.54, 1.807) is 19.2 Å². The lowest BCUT2D eigenvalue weighted by atomic mass is 10.1. The van der Waals surface area contributed by atoms with Gasteiger partial charge in [-0.05, 0) is 51.1 Å². The number of halogens is 1. The number of rotatable bonds is 6. The molecule has 1 saturated heterocycles. The van der Waals surface area contributed by atoms with E-state index in [1.807, 2.05) is 25.1 Å². The van der Waals surface area contributed by atoms with Crippen LogP contribution >= 0.6 is 0 Å². The molecule has 1 amide bonds. The Kier molecular flexibility index (Phi) is 7.47. The van der Waals surface area contributed by atoms with E-state index in [2.05, 4.69) is 20.5 Å². The molecule has 0 spiro atoms. The standard InChI is InChI=1S/C22H34FN5O/c1-24-22(25-14-20(27(2)3)17-9-6-10-18(23)13-17)26-19-11-12-28(15-19)21(29)16-7-4-5-8-16/h6,9-10,13,16,19-20H,4-5,7-8,11-12,14-15H2,1-3H3,(H2,24,25,26). The molecule has 0 aromatic heterocycles. The van der Waals surface area contributed by atoms with Gasteiger partial charge >= 0.3 is 0 Å². The Morgan fingerprint density at radius 3 is 2.72 bits per heavy atom. The summed E-state index contributed by atoms with van der Waals surface area (Å²) in [4.78, 5) is 21.1. The van der Waals surface area contributed by atoms with Gasteiger partial charge in [0.15, 0.2) is 5.96 Å². The summed E-state index contributed by atoms with van der Waals surface area (Å²) in [5.41, 5.74) is 0.923. The highest BCUT2D eigenvalue weighted by Crippen LogP contribution is 2.27. The summed E-state index contributed by atoms with van der Waals surface area (Å²) in [6, 6.07) is 6.94. The van der Waals surface area contributed by atoms with Crippen LogP contribution in [-0.2, 0) is 4.79 Å². The second kappa shape index (κ2) is 10.1. The van der Waals surface area contributed by atoms with Gasteiger partial charge in [-0.1, -0.05) is 25.0 Å². The van der Waals surface area contributed by atoms with Crippen LogP contribution in [0, 0.1) is 11.7 Å². The molecule has 160 valence electrons. The first-order chi connectivity index (χ1) is 14.0. The zero-order valence-corrected chi connectivity index (χ0v) is 17.8. The number of hydrogen-bond donors (Lipinski definition) is 2. The Balaban J connectivity index is 1.52. The normalized spacial score (nSPS) is 21.6. The number of nitrogens with zero attached hydrogens (tertiary/aromatic N) is 3. The van der Waals surface area contributed by atoms with Crippen molar-refractivity contribution >= 4 is 11.9 Å². The maximum atomic E-state index is 13.6. The average Bonchev–Trinajstić information content (AvgIpc) is 3.39. The van der Waals surface area contributed by atoms with E-state index in [9.17, 15) is 9.18 Å². The third-order valence-corrected chi connectivity index (χ3v) is 6.09. The summed E-state index contributed by atoms with van der Waals surface area (Å²) in [6.45, 7) is 2.15. The van der Waals surface area contributed by atoms with Crippen LogP contribution in [0.25, 0.3) is 0 Å². The van der Waals surface area contributed by atoms with Crippen molar-refractivity contribution in [1.29, 1.82) is 0 Å². The van der Waals surface area contributed by atoms with Gasteiger partial charge in [-0.15, -0.1) is 0 Å². The molecule has 2 unspecified atom stereocenters. The van der Waals surface area contributed by atoms with E-state index in [0.29, 0.717) is 18.4 Å². The lowest BCUT2D eigenvalue weighted by Crippen LogP contribution is -2.47. The molecular weight excluding hydrogens is 369 g/mol. The smallest absolute Gasteiger partial charge is 0.225 e. The molecule has 2 atom stereocenters. The first-order valence-corrected chi connectivity index (χ1v) is 10.7. The molecule has 29 heavy (non-hydrogen) atoms. The van der Waals surface area contributed by atoms with Gasteiger partial charge < -0.3 is 20.4 Å². The summed E-state index contributed by atoms with van der Waals surface area (Å²) in [6.07, 6.45) is 5.38. The van der Waals surface area contributed by atoms with E-state index in [0.717, 1.165) is 37.9 Å². The number of nitrogens with one attached hydrogen (secondary N) is 2. The summed E-state index contributed by atoms with van der Waals surface area (Å²) >= 11 is 0. The second-order valence-electron chi connectivity index (χ2n) is 8.38. The Morgan fingerprint density at radius 2 is 2.07 bits per heavy atom. The van der Waals surface area contributed by atoms with Gasteiger partial charge in [0.1, 0.15) is 5.82 Å². The van der Waals surface area contributed by atoms with E-state index in [4.69, 9.17) is 0 Å². The molecule has 1 saturated carbocycles. The number of aliphatic imine (C=N–C) groups is 1. The number of benzene rings is 1. The minimum absolute atomic E-state index is 0.0215. The molecule has 1 aromatic rings. The van der Waals surface area contributed by atoms with Crippen molar-refractivity contribution in [3.8, 4) is 0 Å². The van der Waals surface area contributed by atoms with E-state index >= 15 is 0 Å². The zero-order chi connectivity index (χ0) is 20.8. The molecule has 2 aliphatic rings. The van der Waals surface area contributed by atoms with Gasteiger partial charge in [-0.3, -0.25) is 9.79 Å². The summed E-state index contributed by atoms with van der Waals surface area (Å²) in [5, 5.41) is 6.82. The van der Waals surface area contributed by atoms with Crippen molar-refractivity contribution in [3.63, 3.8) is 0 Å². The summed E-state index contributed by atoms with van der Waals surface area (Å²) in [7, 11) is 5.71. The zero-order valence-electron chi connectivity index (χ0n) is 17.8. The molecule has 2 N–H and O–H groups in total. The number of carbonyl (C=O) groups is 1. The number of amides is 1. The van der Waals surface area contributed by atoms with Crippen molar-refractivity contribution in [3.05, 3.63) is 35.6 Å². The van der Waals surface area contributed by atoms with E-state index in [-0.39, 0.29) is 23.8 Å². The predicted octanol–water partition coefficient (Wildman–Crippen LogP) is 2.38. The fraction of sp³-hybridized carbons (Fsp3) is 0.636. The molecular formula is C22H34FN5O. The number of guanidine groups is 1. The number of likely N-dealkylation sites (tertiary alicyclic amines) is 1. The maximum Gasteiger partial charge on any atom is 0.225 e. The second-order valence-corrected chi connectivity index (χ2v) is 8.38. The minimum atomic E-state index is -0.227. The topological polar surface area (TPSA) is 60.0 Å². The third kappa shape index (κ3) is 5.69. The molecule has 6 nitrogen and oxygen atoms in total. The molecule has 0 bridgehead atoms. The lowest BCUT2D eigenvalue weighted by Gasteiger charge is -2.27. The van der Waals surface area contributed by atoms with Gasteiger partial charge in [0.2, 0.25) is 5.91 Å². The van der Waals surface area contributed by atoms with Gasteiger partial charge in [0.25, 0.3) is 0 Å².